The van der Waals surface area contributed by atoms with Gasteiger partial charge < -0.3 is 20.1 Å². The van der Waals surface area contributed by atoms with Crippen molar-refractivity contribution in [2.45, 2.75) is 45.8 Å². The molecule has 132 valence electrons. The summed E-state index contributed by atoms with van der Waals surface area (Å²) in [5.74, 6) is 0.161. The molecule has 1 heterocycles. The summed E-state index contributed by atoms with van der Waals surface area (Å²) in [7, 11) is 0. The van der Waals surface area contributed by atoms with Crippen LogP contribution >= 0.6 is 0 Å². The van der Waals surface area contributed by atoms with Crippen molar-refractivity contribution in [1.29, 1.82) is 0 Å². The third kappa shape index (κ3) is 4.26. The first kappa shape index (κ1) is 18.3. The van der Waals surface area contributed by atoms with Gasteiger partial charge in [0.25, 0.3) is 5.91 Å². The molecule has 0 spiro atoms. The maximum atomic E-state index is 12.5. The summed E-state index contributed by atoms with van der Waals surface area (Å²) in [6, 6.07) is 5.79. The number of rotatable bonds is 5. The molecule has 0 aliphatic carbocycles. The maximum Gasteiger partial charge on any atom is 0.254 e. The van der Waals surface area contributed by atoms with Crippen LogP contribution in [0, 0.1) is 6.92 Å². The summed E-state index contributed by atoms with van der Waals surface area (Å²) >= 11 is 0. The van der Waals surface area contributed by atoms with Crippen LogP contribution in [0.5, 0.6) is 5.75 Å². The predicted molar refractivity (Wildman–Crippen MR) is 90.6 cm³/mol. The van der Waals surface area contributed by atoms with E-state index in [-0.39, 0.29) is 19.0 Å². The Kier molecular flexibility index (Phi) is 5.83. The van der Waals surface area contributed by atoms with Crippen LogP contribution < -0.4 is 10.1 Å². The first-order valence-corrected chi connectivity index (χ1v) is 8.34. The van der Waals surface area contributed by atoms with Crippen molar-refractivity contribution in [3.05, 3.63) is 29.3 Å². The fraction of sp³-hybridized carbons (Fsp3) is 0.556. The van der Waals surface area contributed by atoms with Crippen LogP contribution in [0.1, 0.15) is 37.8 Å². The number of carbonyl (C=O) groups excluding carboxylic acids is 2. The Bertz CT molecular complexity index is 617. The van der Waals surface area contributed by atoms with Crippen LogP contribution in [0.3, 0.4) is 0 Å². The number of nitrogens with one attached hydrogen (secondary N) is 1. The number of carbonyl (C=O) groups is 2. The van der Waals surface area contributed by atoms with Gasteiger partial charge in [-0.15, -0.1) is 0 Å². The number of nitrogens with zero attached hydrogens (tertiary/aromatic N) is 1. The van der Waals surface area contributed by atoms with Crippen molar-refractivity contribution in [3.63, 3.8) is 0 Å². The molecule has 6 heteroatoms. The van der Waals surface area contributed by atoms with Crippen LogP contribution in [0.4, 0.5) is 0 Å². The van der Waals surface area contributed by atoms with Gasteiger partial charge in [-0.2, -0.15) is 0 Å². The molecule has 0 radical (unpaired) electrons. The molecular formula is C18H26N2O4. The molecule has 6 nitrogen and oxygen atoms in total. The Hall–Kier alpha value is -2.08. The minimum atomic E-state index is -1.53. The fourth-order valence-corrected chi connectivity index (χ4v) is 2.93. The van der Waals surface area contributed by atoms with Crippen molar-refractivity contribution >= 4 is 11.8 Å². The number of hydrogen-bond donors (Lipinski definition) is 2. The van der Waals surface area contributed by atoms with Crippen molar-refractivity contribution in [2.24, 2.45) is 0 Å². The normalized spacial score (nSPS) is 20.6. The highest BCUT2D eigenvalue weighted by atomic mass is 16.5. The number of benzene rings is 1. The Morgan fingerprint density at radius 1 is 1.42 bits per heavy atom. The first-order valence-electron chi connectivity index (χ1n) is 8.34. The molecule has 1 aromatic rings. The minimum Gasteiger partial charge on any atom is -0.494 e. The van der Waals surface area contributed by atoms with Crippen molar-refractivity contribution in [2.75, 3.05) is 19.7 Å². The molecular weight excluding hydrogens is 308 g/mol. The van der Waals surface area contributed by atoms with E-state index in [2.05, 4.69) is 5.32 Å². The van der Waals surface area contributed by atoms with Gasteiger partial charge in [-0.25, -0.2) is 0 Å². The average Bonchev–Trinajstić information content (AvgIpc) is 2.54. The molecule has 24 heavy (non-hydrogen) atoms. The lowest BCUT2D eigenvalue weighted by atomic mass is 9.91. The summed E-state index contributed by atoms with van der Waals surface area (Å²) in [4.78, 5) is 25.5. The number of ether oxygens (including phenoxy) is 1. The third-order valence-corrected chi connectivity index (χ3v) is 4.30. The lowest BCUT2D eigenvalue weighted by Gasteiger charge is -2.37. The Balaban J connectivity index is 2.03. The van der Waals surface area contributed by atoms with Crippen molar-refractivity contribution < 1.29 is 19.4 Å². The molecule has 1 aliphatic heterocycles. The smallest absolute Gasteiger partial charge is 0.254 e. The highest BCUT2D eigenvalue weighted by molar-refractivity contribution is 5.86. The Morgan fingerprint density at radius 3 is 2.83 bits per heavy atom. The van der Waals surface area contributed by atoms with Crippen LogP contribution in [-0.4, -0.2) is 47.1 Å². The highest BCUT2D eigenvalue weighted by Gasteiger charge is 2.40. The number of β-amino-alcohol motifs (C(OH)–C–C–N with tert-alkyl or cyclic N) is 1. The standard InChI is InChI=1S/C18H26N2O4/c1-4-24-16-10-13(2)6-7-15(16)11-19-17(22)18(23)8-5-9-20(12-18)14(3)21/h6-7,10,23H,4-5,8-9,11-12H2,1-3H3,(H,19,22). The second kappa shape index (κ2) is 7.66. The van der Waals surface area contributed by atoms with E-state index >= 15 is 0 Å². The largest absolute Gasteiger partial charge is 0.494 e. The second-order valence-corrected chi connectivity index (χ2v) is 6.30. The number of amides is 2. The molecule has 2 rings (SSSR count). The van der Waals surface area contributed by atoms with Gasteiger partial charge in [0.2, 0.25) is 5.91 Å². The van der Waals surface area contributed by atoms with Gasteiger partial charge in [0.1, 0.15) is 5.75 Å². The molecule has 1 atom stereocenters. The number of aliphatic hydroxyl groups is 1. The van der Waals surface area contributed by atoms with Crippen LogP contribution in [0.25, 0.3) is 0 Å². The summed E-state index contributed by atoms with van der Waals surface area (Å²) in [5, 5.41) is 13.4. The Morgan fingerprint density at radius 2 is 2.17 bits per heavy atom. The van der Waals surface area contributed by atoms with Gasteiger partial charge in [-0.05, 0) is 38.3 Å². The van der Waals surface area contributed by atoms with Crippen LogP contribution in [0.2, 0.25) is 0 Å². The molecule has 1 fully saturated rings. The SMILES string of the molecule is CCOc1cc(C)ccc1CNC(=O)C1(O)CCCN(C(C)=O)C1. The predicted octanol–water partition coefficient (Wildman–Crippen LogP) is 1.38. The van der Waals surface area contributed by atoms with Crippen molar-refractivity contribution in [1.82, 2.24) is 10.2 Å². The van der Waals surface area contributed by atoms with Crippen LogP contribution in [-0.2, 0) is 16.1 Å². The molecule has 1 saturated heterocycles. The number of likely N-dealkylation sites (tertiary alicyclic amines) is 1. The van der Waals surface area contributed by atoms with E-state index in [1.807, 2.05) is 32.0 Å². The molecule has 1 aliphatic rings. The molecule has 0 aromatic heterocycles. The second-order valence-electron chi connectivity index (χ2n) is 6.30. The van der Waals surface area contributed by atoms with Crippen LogP contribution in [0.15, 0.2) is 18.2 Å². The van der Waals surface area contributed by atoms with E-state index in [4.69, 9.17) is 4.74 Å². The zero-order chi connectivity index (χ0) is 17.7. The molecule has 1 unspecified atom stereocenters. The number of piperidine rings is 1. The highest BCUT2D eigenvalue weighted by Crippen LogP contribution is 2.23. The lowest BCUT2D eigenvalue weighted by molar-refractivity contribution is -0.150. The first-order chi connectivity index (χ1) is 11.4. The third-order valence-electron chi connectivity index (χ3n) is 4.30. The van der Waals surface area contributed by atoms with E-state index in [0.717, 1.165) is 16.9 Å². The van der Waals surface area contributed by atoms with E-state index < -0.39 is 11.5 Å². The molecule has 1 aromatic carbocycles. The minimum absolute atomic E-state index is 0.0420. The Labute approximate surface area is 142 Å². The van der Waals surface area contributed by atoms with Gasteiger partial charge in [-0.3, -0.25) is 9.59 Å². The molecule has 2 amide bonds. The monoisotopic (exact) mass is 334 g/mol. The summed E-state index contributed by atoms with van der Waals surface area (Å²) in [5.41, 5.74) is 0.413. The maximum absolute atomic E-state index is 12.5. The van der Waals surface area contributed by atoms with Gasteiger partial charge in [0.15, 0.2) is 5.60 Å². The number of aryl methyl sites for hydroxylation is 1. The van der Waals surface area contributed by atoms with Crippen molar-refractivity contribution in [3.8, 4) is 5.75 Å². The van der Waals surface area contributed by atoms with E-state index in [1.165, 1.54) is 11.8 Å². The lowest BCUT2D eigenvalue weighted by Crippen LogP contribution is -2.57. The summed E-state index contributed by atoms with van der Waals surface area (Å²) < 4.78 is 5.60. The van der Waals surface area contributed by atoms with E-state index in [9.17, 15) is 14.7 Å². The molecule has 0 saturated carbocycles. The average molecular weight is 334 g/mol. The summed E-state index contributed by atoms with van der Waals surface area (Å²) in [6.45, 7) is 6.78. The zero-order valence-electron chi connectivity index (χ0n) is 14.6. The topological polar surface area (TPSA) is 78.9 Å². The van der Waals surface area contributed by atoms with Gasteiger partial charge >= 0.3 is 0 Å². The van der Waals surface area contributed by atoms with Gasteiger partial charge in [-0.1, -0.05) is 12.1 Å². The van der Waals surface area contributed by atoms with E-state index in [1.54, 1.807) is 0 Å². The molecule has 0 bridgehead atoms. The fourth-order valence-electron chi connectivity index (χ4n) is 2.93. The van der Waals surface area contributed by atoms with Gasteiger partial charge in [0.05, 0.1) is 13.2 Å². The summed E-state index contributed by atoms with van der Waals surface area (Å²) in [6.07, 6.45) is 0.965. The quantitative estimate of drug-likeness (QED) is 0.853. The van der Waals surface area contributed by atoms with E-state index in [0.29, 0.717) is 26.0 Å². The molecule has 2 N–H and O–H groups in total. The zero-order valence-corrected chi connectivity index (χ0v) is 14.6. The number of hydrogen-bond acceptors (Lipinski definition) is 4. The van der Waals surface area contributed by atoms with Gasteiger partial charge in [0, 0.05) is 25.6 Å².